The maximum absolute atomic E-state index is 13.1. The molecule has 4 rings (SSSR count). The molecule has 1 aliphatic rings. The molecule has 8 heteroatoms. The molecule has 1 saturated heterocycles. The van der Waals surface area contributed by atoms with Crippen LogP contribution in [0, 0.1) is 10.6 Å². The van der Waals surface area contributed by atoms with Crippen molar-refractivity contribution in [2.24, 2.45) is 0 Å². The van der Waals surface area contributed by atoms with Gasteiger partial charge >= 0.3 is 0 Å². The lowest BCUT2D eigenvalue weighted by molar-refractivity contribution is 0.194. The summed E-state index contributed by atoms with van der Waals surface area (Å²) < 4.78 is 17.4. The minimum absolute atomic E-state index is 0.206. The first-order valence-corrected chi connectivity index (χ1v) is 9.52. The third-order valence-corrected chi connectivity index (χ3v) is 5.36. The van der Waals surface area contributed by atoms with Crippen molar-refractivity contribution in [2.75, 3.05) is 31.1 Å². The lowest BCUT2D eigenvalue weighted by atomic mass is 10.2. The molecule has 2 heterocycles. The van der Waals surface area contributed by atoms with E-state index in [0.29, 0.717) is 16.5 Å². The fraction of sp³-hybridized carbons (Fsp3) is 0.263. The fourth-order valence-electron chi connectivity index (χ4n) is 3.23. The van der Waals surface area contributed by atoms with Crippen molar-refractivity contribution < 1.29 is 4.39 Å². The topological polar surface area (TPSA) is 29.2 Å². The number of anilines is 1. The molecule has 0 saturated carbocycles. The van der Waals surface area contributed by atoms with Gasteiger partial charge < -0.3 is 4.90 Å². The highest BCUT2D eigenvalue weighted by molar-refractivity contribution is 7.71. The van der Waals surface area contributed by atoms with E-state index in [-0.39, 0.29) is 5.82 Å². The predicted molar refractivity (Wildman–Crippen MR) is 108 cm³/mol. The average molecular weight is 404 g/mol. The van der Waals surface area contributed by atoms with Crippen molar-refractivity contribution >= 4 is 29.5 Å². The first-order chi connectivity index (χ1) is 13.1. The Labute approximate surface area is 167 Å². The van der Waals surface area contributed by atoms with Gasteiger partial charge in [0, 0.05) is 36.9 Å². The Hall–Kier alpha value is -2.22. The molecular weight excluding hydrogens is 385 g/mol. The van der Waals surface area contributed by atoms with Gasteiger partial charge in [-0.25, -0.2) is 9.07 Å². The van der Waals surface area contributed by atoms with E-state index in [4.69, 9.17) is 23.8 Å². The van der Waals surface area contributed by atoms with Crippen molar-refractivity contribution in [1.29, 1.82) is 0 Å². The average Bonchev–Trinajstić information content (AvgIpc) is 3.04. The number of rotatable bonds is 4. The second-order valence-corrected chi connectivity index (χ2v) is 7.29. The molecule has 27 heavy (non-hydrogen) atoms. The highest BCUT2D eigenvalue weighted by Gasteiger charge is 2.18. The molecule has 0 N–H and O–H groups in total. The number of hydrogen-bond donors (Lipinski definition) is 0. The van der Waals surface area contributed by atoms with Crippen LogP contribution >= 0.6 is 23.8 Å². The van der Waals surface area contributed by atoms with Crippen molar-refractivity contribution in [2.45, 2.75) is 6.67 Å². The molecule has 1 fully saturated rings. The second kappa shape index (κ2) is 7.80. The molecule has 2 aromatic carbocycles. The Morgan fingerprint density at radius 2 is 1.74 bits per heavy atom. The number of hydrogen-bond acceptors (Lipinski definition) is 4. The summed E-state index contributed by atoms with van der Waals surface area (Å²) in [6.07, 6.45) is 1.72. The van der Waals surface area contributed by atoms with Crippen LogP contribution < -0.4 is 4.90 Å². The zero-order valence-corrected chi connectivity index (χ0v) is 16.2. The van der Waals surface area contributed by atoms with Crippen molar-refractivity contribution in [3.05, 3.63) is 70.5 Å². The van der Waals surface area contributed by atoms with Crippen LogP contribution in [0.25, 0.3) is 5.69 Å². The summed E-state index contributed by atoms with van der Waals surface area (Å²) in [5.41, 5.74) is 1.96. The molecule has 3 aromatic rings. The van der Waals surface area contributed by atoms with E-state index in [1.165, 1.54) is 12.1 Å². The summed E-state index contributed by atoms with van der Waals surface area (Å²) in [7, 11) is 0. The highest BCUT2D eigenvalue weighted by atomic mass is 35.5. The molecule has 0 radical (unpaired) electrons. The zero-order chi connectivity index (χ0) is 18.8. The van der Waals surface area contributed by atoms with Gasteiger partial charge in [0.25, 0.3) is 0 Å². The number of aromatic nitrogens is 3. The molecule has 1 aliphatic heterocycles. The van der Waals surface area contributed by atoms with Gasteiger partial charge in [-0.2, -0.15) is 5.10 Å². The first-order valence-electron chi connectivity index (χ1n) is 8.73. The molecular formula is C19H19ClFN5S. The third-order valence-electron chi connectivity index (χ3n) is 4.72. The second-order valence-electron chi connectivity index (χ2n) is 6.49. The van der Waals surface area contributed by atoms with Gasteiger partial charge in [0.15, 0.2) is 0 Å². The van der Waals surface area contributed by atoms with Gasteiger partial charge in [-0.05, 0) is 54.7 Å². The van der Waals surface area contributed by atoms with Gasteiger partial charge in [-0.15, -0.1) is 0 Å². The fourth-order valence-corrected chi connectivity index (χ4v) is 3.67. The van der Waals surface area contributed by atoms with Gasteiger partial charge in [0.1, 0.15) is 12.1 Å². The minimum Gasteiger partial charge on any atom is -0.369 e. The summed E-state index contributed by atoms with van der Waals surface area (Å²) >= 11 is 11.7. The summed E-state index contributed by atoms with van der Waals surface area (Å²) in [6.45, 7) is 4.19. The zero-order valence-electron chi connectivity index (χ0n) is 14.6. The molecule has 0 bridgehead atoms. The van der Waals surface area contributed by atoms with Crippen LogP contribution in [0.5, 0.6) is 0 Å². The van der Waals surface area contributed by atoms with E-state index in [1.54, 1.807) is 6.33 Å². The standard InChI is InChI=1S/C19H19ClFN5S/c20-15-2-1-3-18(12-15)25-13-22-26(19(25)27)14-23-8-10-24(11-9-23)17-6-4-16(21)5-7-17/h1-7,12-13H,8-11,14H2. The molecule has 0 aliphatic carbocycles. The SMILES string of the molecule is Fc1ccc(N2CCN(Cn3ncn(-c4cccc(Cl)c4)c3=S)CC2)cc1. The van der Waals surface area contributed by atoms with Crippen molar-refractivity contribution in [3.63, 3.8) is 0 Å². The van der Waals surface area contributed by atoms with E-state index in [2.05, 4.69) is 14.9 Å². The predicted octanol–water partition coefficient (Wildman–Crippen LogP) is 3.98. The van der Waals surface area contributed by atoms with Gasteiger partial charge in [0.2, 0.25) is 4.77 Å². The smallest absolute Gasteiger partial charge is 0.203 e. The Kier molecular flexibility index (Phi) is 5.24. The summed E-state index contributed by atoms with van der Waals surface area (Å²) in [4.78, 5) is 4.57. The van der Waals surface area contributed by atoms with E-state index in [0.717, 1.165) is 37.6 Å². The van der Waals surface area contributed by atoms with Crippen LogP contribution in [0.1, 0.15) is 0 Å². The minimum atomic E-state index is -0.206. The van der Waals surface area contributed by atoms with Crippen LogP contribution in [0.4, 0.5) is 10.1 Å². The molecule has 1 aromatic heterocycles. The van der Waals surface area contributed by atoms with Gasteiger partial charge in [-0.1, -0.05) is 17.7 Å². The molecule has 140 valence electrons. The van der Waals surface area contributed by atoms with E-state index in [9.17, 15) is 4.39 Å². The number of nitrogens with zero attached hydrogens (tertiary/aromatic N) is 5. The van der Waals surface area contributed by atoms with Crippen LogP contribution in [0.2, 0.25) is 5.02 Å². The van der Waals surface area contributed by atoms with Crippen molar-refractivity contribution in [3.8, 4) is 5.69 Å². The molecule has 0 atom stereocenters. The Balaban J connectivity index is 1.41. The summed E-state index contributed by atoms with van der Waals surface area (Å²) in [5, 5.41) is 5.10. The molecule has 0 unspecified atom stereocenters. The Bertz CT molecular complexity index is 976. The summed E-state index contributed by atoms with van der Waals surface area (Å²) in [5.74, 6) is -0.206. The van der Waals surface area contributed by atoms with E-state index < -0.39 is 0 Å². The lowest BCUT2D eigenvalue weighted by Gasteiger charge is -2.35. The number of piperazine rings is 1. The maximum Gasteiger partial charge on any atom is 0.203 e. The quantitative estimate of drug-likeness (QED) is 0.616. The molecule has 0 spiro atoms. The van der Waals surface area contributed by atoms with Crippen LogP contribution in [0.15, 0.2) is 54.9 Å². The first kappa shape index (κ1) is 18.2. The largest absolute Gasteiger partial charge is 0.369 e. The van der Waals surface area contributed by atoms with Crippen LogP contribution in [-0.2, 0) is 6.67 Å². The molecule has 0 amide bonds. The lowest BCUT2D eigenvalue weighted by Crippen LogP contribution is -2.47. The van der Waals surface area contributed by atoms with Gasteiger partial charge in [-0.3, -0.25) is 9.47 Å². The Morgan fingerprint density at radius 1 is 1.00 bits per heavy atom. The normalized spacial score (nSPS) is 15.3. The van der Waals surface area contributed by atoms with Crippen LogP contribution in [0.3, 0.4) is 0 Å². The third kappa shape index (κ3) is 4.05. The van der Waals surface area contributed by atoms with Crippen molar-refractivity contribution in [1.82, 2.24) is 19.2 Å². The molecule has 5 nitrogen and oxygen atoms in total. The number of halogens is 2. The number of benzene rings is 2. The summed E-state index contributed by atoms with van der Waals surface area (Å²) in [6, 6.07) is 14.2. The maximum atomic E-state index is 13.1. The highest BCUT2D eigenvalue weighted by Crippen LogP contribution is 2.18. The van der Waals surface area contributed by atoms with Crippen LogP contribution in [-0.4, -0.2) is 45.4 Å². The van der Waals surface area contributed by atoms with E-state index >= 15 is 0 Å². The Morgan fingerprint density at radius 3 is 2.44 bits per heavy atom. The monoisotopic (exact) mass is 403 g/mol. The van der Waals surface area contributed by atoms with E-state index in [1.807, 2.05) is 45.6 Å². The van der Waals surface area contributed by atoms with Gasteiger partial charge in [0.05, 0.1) is 12.4 Å².